The number of anilines is 2. The van der Waals surface area contributed by atoms with E-state index in [1.807, 2.05) is 6.92 Å². The number of aromatic nitrogens is 1. The van der Waals surface area contributed by atoms with Gasteiger partial charge >= 0.3 is 0 Å². The quantitative estimate of drug-likeness (QED) is 0.658. The summed E-state index contributed by atoms with van der Waals surface area (Å²) in [7, 11) is 0. The van der Waals surface area contributed by atoms with E-state index < -0.39 is 0 Å². The van der Waals surface area contributed by atoms with Crippen molar-refractivity contribution in [1.82, 2.24) is 4.98 Å². The van der Waals surface area contributed by atoms with Crippen molar-refractivity contribution in [3.8, 4) is 0 Å². The first-order valence-corrected chi connectivity index (χ1v) is 6.21. The Morgan fingerprint density at radius 1 is 1.32 bits per heavy atom. The number of benzene rings is 1. The third-order valence-electron chi connectivity index (χ3n) is 2.53. The Balaban J connectivity index is 2.20. The molecule has 19 heavy (non-hydrogen) atoms. The first-order valence-electron chi connectivity index (χ1n) is 5.46. The van der Waals surface area contributed by atoms with E-state index in [9.17, 15) is 4.79 Å². The summed E-state index contributed by atoms with van der Waals surface area (Å²) in [5, 5.41) is 3.47. The van der Waals surface area contributed by atoms with Gasteiger partial charge < -0.3 is 11.1 Å². The molecule has 98 valence electrons. The second kappa shape index (κ2) is 5.47. The molecule has 0 aliphatic carbocycles. The predicted octanol–water partition coefficient (Wildman–Crippen LogP) is 3.53. The van der Waals surface area contributed by atoms with Crippen molar-refractivity contribution in [1.29, 1.82) is 0 Å². The molecule has 0 saturated heterocycles. The molecular weight excluding hydrogens is 285 g/mol. The average molecular weight is 296 g/mol. The summed E-state index contributed by atoms with van der Waals surface area (Å²) in [5.74, 6) is -0.287. The van der Waals surface area contributed by atoms with Crippen molar-refractivity contribution in [2.45, 2.75) is 6.92 Å². The summed E-state index contributed by atoms with van der Waals surface area (Å²) < 4.78 is 0. The summed E-state index contributed by atoms with van der Waals surface area (Å²) in [5.41, 5.74) is 7.80. The van der Waals surface area contributed by atoms with E-state index in [1.54, 1.807) is 18.2 Å². The fourth-order valence-electron chi connectivity index (χ4n) is 1.50. The van der Waals surface area contributed by atoms with Gasteiger partial charge in [0.15, 0.2) is 0 Å². The van der Waals surface area contributed by atoms with Gasteiger partial charge in [-0.25, -0.2) is 4.98 Å². The van der Waals surface area contributed by atoms with Crippen LogP contribution in [0.5, 0.6) is 0 Å². The smallest absolute Gasteiger partial charge is 0.255 e. The molecule has 2 rings (SSSR count). The monoisotopic (exact) mass is 295 g/mol. The molecule has 0 aliphatic rings. The van der Waals surface area contributed by atoms with Crippen molar-refractivity contribution < 1.29 is 4.79 Å². The van der Waals surface area contributed by atoms with E-state index in [2.05, 4.69) is 10.3 Å². The third-order valence-corrected chi connectivity index (χ3v) is 3.26. The molecule has 1 aromatic carbocycles. The normalized spacial score (nSPS) is 10.3. The molecule has 0 saturated carbocycles. The minimum absolute atomic E-state index is 0.287. The van der Waals surface area contributed by atoms with Crippen LogP contribution in [0.4, 0.5) is 11.4 Å². The number of nitrogens with one attached hydrogen (secondary N) is 1. The fourth-order valence-corrected chi connectivity index (χ4v) is 1.78. The van der Waals surface area contributed by atoms with Gasteiger partial charge in [0.25, 0.3) is 5.91 Å². The third kappa shape index (κ3) is 3.16. The van der Waals surface area contributed by atoms with Crippen molar-refractivity contribution in [2.24, 2.45) is 0 Å². The number of pyridine rings is 1. The number of nitrogens with two attached hydrogens (primary N) is 1. The summed E-state index contributed by atoms with van der Waals surface area (Å²) >= 11 is 11.7. The molecule has 0 radical (unpaired) electrons. The zero-order chi connectivity index (χ0) is 14.0. The molecule has 0 unspecified atom stereocenters. The molecular formula is C13H11Cl2N3O. The molecule has 1 amide bonds. The number of amides is 1. The van der Waals surface area contributed by atoms with Crippen LogP contribution in [0.2, 0.25) is 10.2 Å². The van der Waals surface area contributed by atoms with E-state index in [0.29, 0.717) is 27.1 Å². The molecule has 0 bridgehead atoms. The lowest BCUT2D eigenvalue weighted by Gasteiger charge is -2.07. The highest BCUT2D eigenvalue weighted by Crippen LogP contribution is 2.21. The Bertz CT molecular complexity index is 644. The topological polar surface area (TPSA) is 68.0 Å². The summed E-state index contributed by atoms with van der Waals surface area (Å²) in [4.78, 5) is 16.0. The second-order valence-corrected chi connectivity index (χ2v) is 4.79. The molecule has 0 aliphatic heterocycles. The number of hydrogen-bond acceptors (Lipinski definition) is 3. The molecule has 3 N–H and O–H groups in total. The van der Waals surface area contributed by atoms with E-state index in [4.69, 9.17) is 28.9 Å². The van der Waals surface area contributed by atoms with Crippen molar-refractivity contribution >= 4 is 40.5 Å². The van der Waals surface area contributed by atoms with Crippen LogP contribution in [0.1, 0.15) is 15.9 Å². The molecule has 1 aromatic heterocycles. The minimum Gasteiger partial charge on any atom is -0.398 e. The average Bonchev–Trinajstić information content (AvgIpc) is 2.37. The molecule has 0 atom stereocenters. The Kier molecular flexibility index (Phi) is 3.93. The summed E-state index contributed by atoms with van der Waals surface area (Å²) in [6, 6.07) is 6.45. The molecule has 6 heteroatoms. The largest absolute Gasteiger partial charge is 0.398 e. The van der Waals surface area contributed by atoms with Gasteiger partial charge in [-0.3, -0.25) is 4.79 Å². The molecule has 0 spiro atoms. The van der Waals surface area contributed by atoms with E-state index >= 15 is 0 Å². The number of halogens is 2. The van der Waals surface area contributed by atoms with Crippen molar-refractivity contribution in [3.63, 3.8) is 0 Å². The van der Waals surface area contributed by atoms with Crippen LogP contribution >= 0.6 is 23.2 Å². The predicted molar refractivity (Wildman–Crippen MR) is 77.8 cm³/mol. The van der Waals surface area contributed by atoms with Gasteiger partial charge in [-0.1, -0.05) is 23.2 Å². The Morgan fingerprint density at radius 2 is 2.05 bits per heavy atom. The number of carbonyl (C=O) groups is 1. The van der Waals surface area contributed by atoms with Gasteiger partial charge in [0.1, 0.15) is 5.15 Å². The van der Waals surface area contributed by atoms with Gasteiger partial charge in [-0.2, -0.15) is 0 Å². The summed E-state index contributed by atoms with van der Waals surface area (Å²) in [6.07, 6.45) is 1.49. The number of carbonyl (C=O) groups excluding carboxylic acids is 1. The first kappa shape index (κ1) is 13.6. The lowest BCUT2D eigenvalue weighted by Crippen LogP contribution is -2.12. The number of aryl methyl sites for hydroxylation is 1. The van der Waals surface area contributed by atoms with Crippen LogP contribution < -0.4 is 11.1 Å². The highest BCUT2D eigenvalue weighted by atomic mass is 35.5. The SMILES string of the molecule is Cc1cc(NC(=O)c2ccc(N)c(Cl)c2)cnc1Cl. The fraction of sp³-hybridized carbons (Fsp3) is 0.0769. The standard InChI is InChI=1S/C13H11Cl2N3O/c1-7-4-9(6-17-12(7)15)18-13(19)8-2-3-11(16)10(14)5-8/h2-6H,16H2,1H3,(H,18,19). The van der Waals surface area contributed by atoms with Crippen LogP contribution in [-0.4, -0.2) is 10.9 Å². The van der Waals surface area contributed by atoms with Crippen molar-refractivity contribution in [3.05, 3.63) is 51.8 Å². The van der Waals surface area contributed by atoms with E-state index in [0.717, 1.165) is 5.56 Å². The zero-order valence-corrected chi connectivity index (χ0v) is 11.6. The minimum atomic E-state index is -0.287. The van der Waals surface area contributed by atoms with Crippen LogP contribution in [0.3, 0.4) is 0 Å². The van der Waals surface area contributed by atoms with Gasteiger partial charge in [0.2, 0.25) is 0 Å². The zero-order valence-electron chi connectivity index (χ0n) is 10.1. The number of hydrogen-bond donors (Lipinski definition) is 2. The van der Waals surface area contributed by atoms with E-state index in [1.165, 1.54) is 12.3 Å². The molecule has 2 aromatic rings. The maximum absolute atomic E-state index is 12.0. The summed E-state index contributed by atoms with van der Waals surface area (Å²) in [6.45, 7) is 1.81. The Morgan fingerprint density at radius 3 is 2.68 bits per heavy atom. The number of nitrogen functional groups attached to an aromatic ring is 1. The second-order valence-electron chi connectivity index (χ2n) is 4.02. The maximum Gasteiger partial charge on any atom is 0.255 e. The molecule has 4 nitrogen and oxygen atoms in total. The lowest BCUT2D eigenvalue weighted by atomic mass is 10.2. The Labute approximate surface area is 120 Å². The number of nitrogens with zero attached hydrogens (tertiary/aromatic N) is 1. The highest BCUT2D eigenvalue weighted by Gasteiger charge is 2.09. The highest BCUT2D eigenvalue weighted by molar-refractivity contribution is 6.33. The maximum atomic E-state index is 12.0. The van der Waals surface area contributed by atoms with Crippen LogP contribution in [-0.2, 0) is 0 Å². The van der Waals surface area contributed by atoms with Gasteiger partial charge in [-0.15, -0.1) is 0 Å². The van der Waals surface area contributed by atoms with Crippen molar-refractivity contribution in [2.75, 3.05) is 11.1 Å². The molecule has 1 heterocycles. The lowest BCUT2D eigenvalue weighted by molar-refractivity contribution is 0.102. The van der Waals surface area contributed by atoms with Gasteiger partial charge in [-0.05, 0) is 36.8 Å². The van der Waals surface area contributed by atoms with E-state index in [-0.39, 0.29) is 5.91 Å². The Hall–Kier alpha value is -1.78. The van der Waals surface area contributed by atoms with Crippen LogP contribution in [0, 0.1) is 6.92 Å². The van der Waals surface area contributed by atoms with Crippen LogP contribution in [0.25, 0.3) is 0 Å². The number of rotatable bonds is 2. The molecule has 0 fully saturated rings. The van der Waals surface area contributed by atoms with Crippen LogP contribution in [0.15, 0.2) is 30.5 Å². The van der Waals surface area contributed by atoms with Gasteiger partial charge in [0, 0.05) is 5.56 Å². The first-order chi connectivity index (χ1) is 8.97. The van der Waals surface area contributed by atoms with Gasteiger partial charge in [0.05, 0.1) is 22.6 Å².